The van der Waals surface area contributed by atoms with Crippen molar-refractivity contribution in [3.8, 4) is 5.75 Å². The zero-order chi connectivity index (χ0) is 14.6. The Morgan fingerprint density at radius 2 is 2.05 bits per heavy atom. The van der Waals surface area contributed by atoms with Gasteiger partial charge in [-0.1, -0.05) is 11.6 Å². The number of nitrogens with one attached hydrogen (secondary N) is 1. The molecule has 0 atom stereocenters. The number of phenols is 1. The number of hydrogen-bond donors (Lipinski definition) is 2. The van der Waals surface area contributed by atoms with Gasteiger partial charge in [-0.15, -0.1) is 12.4 Å². The van der Waals surface area contributed by atoms with E-state index in [0.29, 0.717) is 28.8 Å². The molecule has 2 aliphatic rings. The number of phenolic OH excluding ortho intramolecular Hbond substituents is 1. The number of aromatic hydroxyl groups is 1. The smallest absolute Gasteiger partial charge is 0.339 e. The largest absolute Gasteiger partial charge is 0.506 e. The summed E-state index contributed by atoms with van der Waals surface area (Å²) < 4.78 is 5.51. The Hall–Kier alpha value is -1.23. The summed E-state index contributed by atoms with van der Waals surface area (Å²) in [7, 11) is 0. The number of fused-ring (bicyclic) bond motifs is 3. The SMILES string of the molecule is Cl.O=c1oc2c(CNC3CC3)c(O)c(Cl)cc2c2c1CCC2. The highest BCUT2D eigenvalue weighted by Crippen LogP contribution is 2.38. The zero-order valence-electron chi connectivity index (χ0n) is 11.9. The second-order valence-electron chi connectivity index (χ2n) is 5.92. The van der Waals surface area contributed by atoms with Crippen LogP contribution in [0.25, 0.3) is 11.0 Å². The summed E-state index contributed by atoms with van der Waals surface area (Å²) in [5.41, 5.74) is 2.61. The molecule has 6 heteroatoms. The average Bonchev–Trinajstić information content (AvgIpc) is 3.15. The quantitative estimate of drug-likeness (QED) is 0.840. The van der Waals surface area contributed by atoms with Crippen LogP contribution in [0.5, 0.6) is 5.75 Å². The molecule has 1 aromatic carbocycles. The Balaban J connectivity index is 0.00000144. The van der Waals surface area contributed by atoms with E-state index < -0.39 is 0 Å². The second-order valence-corrected chi connectivity index (χ2v) is 6.32. The summed E-state index contributed by atoms with van der Waals surface area (Å²) in [6.45, 7) is 0.468. The first-order valence-electron chi connectivity index (χ1n) is 7.37. The normalized spacial score (nSPS) is 16.6. The molecule has 1 heterocycles. The lowest BCUT2D eigenvalue weighted by atomic mass is 10.0. The summed E-state index contributed by atoms with van der Waals surface area (Å²) in [5.74, 6) is 0.0124. The van der Waals surface area contributed by atoms with Crippen LogP contribution in [0.2, 0.25) is 5.02 Å². The van der Waals surface area contributed by atoms with Gasteiger partial charge in [-0.25, -0.2) is 4.79 Å². The van der Waals surface area contributed by atoms with Crippen LogP contribution in [-0.4, -0.2) is 11.1 Å². The van der Waals surface area contributed by atoms with Crippen LogP contribution in [0.4, 0.5) is 0 Å². The summed E-state index contributed by atoms with van der Waals surface area (Å²) in [4.78, 5) is 12.1. The summed E-state index contributed by atoms with van der Waals surface area (Å²) >= 11 is 6.17. The van der Waals surface area contributed by atoms with E-state index in [-0.39, 0.29) is 23.8 Å². The van der Waals surface area contributed by atoms with E-state index in [1.54, 1.807) is 6.07 Å². The minimum atomic E-state index is -0.274. The van der Waals surface area contributed by atoms with Crippen LogP contribution in [0.3, 0.4) is 0 Å². The van der Waals surface area contributed by atoms with Crippen LogP contribution < -0.4 is 10.9 Å². The Kier molecular flexibility index (Phi) is 4.10. The Bertz CT molecular complexity index is 796. The molecule has 1 fully saturated rings. The van der Waals surface area contributed by atoms with Gasteiger partial charge in [-0.3, -0.25) is 0 Å². The van der Waals surface area contributed by atoms with E-state index in [1.807, 2.05) is 0 Å². The summed E-state index contributed by atoms with van der Waals surface area (Å²) in [5, 5.41) is 14.8. The summed E-state index contributed by atoms with van der Waals surface area (Å²) in [6.07, 6.45) is 4.90. The van der Waals surface area contributed by atoms with Crippen LogP contribution in [-0.2, 0) is 19.4 Å². The topological polar surface area (TPSA) is 62.5 Å². The summed E-state index contributed by atoms with van der Waals surface area (Å²) in [6, 6.07) is 2.22. The van der Waals surface area contributed by atoms with Gasteiger partial charge in [-0.05, 0) is 43.7 Å². The lowest BCUT2D eigenvalue weighted by Gasteiger charge is -2.12. The molecular weight excluding hydrogens is 325 g/mol. The Morgan fingerprint density at radius 3 is 2.77 bits per heavy atom. The number of benzene rings is 1. The van der Waals surface area contributed by atoms with Crippen LogP contribution in [0.15, 0.2) is 15.3 Å². The van der Waals surface area contributed by atoms with E-state index >= 15 is 0 Å². The van der Waals surface area contributed by atoms with Crippen molar-refractivity contribution < 1.29 is 9.52 Å². The maximum Gasteiger partial charge on any atom is 0.339 e. The predicted molar refractivity (Wildman–Crippen MR) is 88.3 cm³/mol. The highest BCUT2D eigenvalue weighted by molar-refractivity contribution is 6.33. The van der Waals surface area contributed by atoms with E-state index in [4.69, 9.17) is 16.0 Å². The first-order valence-corrected chi connectivity index (χ1v) is 7.75. The van der Waals surface area contributed by atoms with Gasteiger partial charge in [0.25, 0.3) is 0 Å². The minimum absolute atomic E-state index is 0. The molecule has 22 heavy (non-hydrogen) atoms. The standard InChI is InChI=1S/C16H16ClNO3.ClH/c17-13-6-11-9-2-1-3-10(9)16(20)21-15(11)12(14(13)19)7-18-8-4-5-8;/h6,8,18-19H,1-5,7H2;1H. The van der Waals surface area contributed by atoms with Gasteiger partial charge in [-0.2, -0.15) is 0 Å². The van der Waals surface area contributed by atoms with Crippen LogP contribution in [0.1, 0.15) is 36.0 Å². The van der Waals surface area contributed by atoms with Crippen molar-refractivity contribution in [3.05, 3.63) is 38.2 Å². The van der Waals surface area contributed by atoms with Crippen molar-refractivity contribution in [2.45, 2.75) is 44.7 Å². The van der Waals surface area contributed by atoms with Gasteiger partial charge in [0.2, 0.25) is 0 Å². The molecule has 4 rings (SSSR count). The Labute approximate surface area is 138 Å². The number of halogens is 2. The molecule has 4 nitrogen and oxygen atoms in total. The lowest BCUT2D eigenvalue weighted by molar-refractivity contribution is 0.460. The molecule has 118 valence electrons. The number of rotatable bonds is 3. The third kappa shape index (κ3) is 2.49. The molecular formula is C16H17Cl2NO3. The molecule has 0 saturated heterocycles. The lowest BCUT2D eigenvalue weighted by Crippen LogP contribution is -2.16. The van der Waals surface area contributed by atoms with Crippen molar-refractivity contribution in [1.82, 2.24) is 5.32 Å². The maximum atomic E-state index is 12.1. The predicted octanol–water partition coefficient (Wildman–Crippen LogP) is 3.31. The first kappa shape index (κ1) is 15.7. The van der Waals surface area contributed by atoms with Gasteiger partial charge >= 0.3 is 5.63 Å². The molecule has 2 aliphatic carbocycles. The van der Waals surface area contributed by atoms with Gasteiger partial charge < -0.3 is 14.8 Å². The monoisotopic (exact) mass is 341 g/mol. The van der Waals surface area contributed by atoms with Crippen LogP contribution in [0, 0.1) is 0 Å². The minimum Gasteiger partial charge on any atom is -0.506 e. The second kappa shape index (κ2) is 5.76. The molecule has 0 radical (unpaired) electrons. The van der Waals surface area contributed by atoms with Crippen molar-refractivity contribution >= 4 is 35.0 Å². The highest BCUT2D eigenvalue weighted by Gasteiger charge is 2.25. The molecule has 1 aromatic heterocycles. The molecule has 0 amide bonds. The van der Waals surface area contributed by atoms with Crippen LogP contribution >= 0.6 is 24.0 Å². The van der Waals surface area contributed by atoms with Gasteiger partial charge in [0.15, 0.2) is 0 Å². The van der Waals surface area contributed by atoms with Crippen molar-refractivity contribution in [2.24, 2.45) is 0 Å². The van der Waals surface area contributed by atoms with Crippen molar-refractivity contribution in [2.75, 3.05) is 0 Å². The van der Waals surface area contributed by atoms with Gasteiger partial charge in [0, 0.05) is 23.5 Å². The molecule has 0 bridgehead atoms. The van der Waals surface area contributed by atoms with E-state index in [0.717, 1.165) is 48.6 Å². The zero-order valence-corrected chi connectivity index (χ0v) is 13.5. The highest BCUT2D eigenvalue weighted by atomic mass is 35.5. The molecule has 2 N–H and O–H groups in total. The molecule has 2 aromatic rings. The van der Waals surface area contributed by atoms with E-state index in [9.17, 15) is 9.90 Å². The van der Waals surface area contributed by atoms with E-state index in [2.05, 4.69) is 5.32 Å². The maximum absolute atomic E-state index is 12.1. The molecule has 0 aliphatic heterocycles. The average molecular weight is 342 g/mol. The fraction of sp³-hybridized carbons (Fsp3) is 0.438. The molecule has 0 spiro atoms. The number of aryl methyl sites for hydroxylation is 1. The fourth-order valence-electron chi connectivity index (χ4n) is 3.13. The first-order chi connectivity index (χ1) is 10.1. The van der Waals surface area contributed by atoms with Gasteiger partial charge in [0.05, 0.1) is 10.6 Å². The Morgan fingerprint density at radius 1 is 1.32 bits per heavy atom. The van der Waals surface area contributed by atoms with Crippen molar-refractivity contribution in [3.63, 3.8) is 0 Å². The fourth-order valence-corrected chi connectivity index (χ4v) is 3.36. The van der Waals surface area contributed by atoms with Gasteiger partial charge in [0.1, 0.15) is 11.3 Å². The van der Waals surface area contributed by atoms with E-state index in [1.165, 1.54) is 0 Å². The molecule has 1 saturated carbocycles. The third-order valence-electron chi connectivity index (χ3n) is 4.43. The molecule has 0 unspecified atom stereocenters. The number of hydrogen-bond acceptors (Lipinski definition) is 4. The third-order valence-corrected chi connectivity index (χ3v) is 4.72. The van der Waals surface area contributed by atoms with Crippen molar-refractivity contribution in [1.29, 1.82) is 0 Å².